The number of nitro benzene ring substituents is 1. The summed E-state index contributed by atoms with van der Waals surface area (Å²) >= 11 is 0. The van der Waals surface area contributed by atoms with Gasteiger partial charge in [-0.2, -0.15) is 0 Å². The van der Waals surface area contributed by atoms with Crippen LogP contribution in [0.1, 0.15) is 11.1 Å². The highest BCUT2D eigenvalue weighted by Gasteiger charge is 2.15. The number of aromatic amines is 1. The summed E-state index contributed by atoms with van der Waals surface area (Å²) in [6.07, 6.45) is 0. The molecule has 2 rings (SSSR count). The lowest BCUT2D eigenvalue weighted by Gasteiger charge is -2.10. The molecule has 1 aromatic carbocycles. The first-order valence-corrected chi connectivity index (χ1v) is 5.63. The number of hydrogen-bond acceptors (Lipinski definition) is 5. The van der Waals surface area contributed by atoms with Crippen molar-refractivity contribution in [2.45, 2.75) is 13.8 Å². The van der Waals surface area contributed by atoms with Crippen LogP contribution in [0.3, 0.4) is 0 Å². The van der Waals surface area contributed by atoms with Gasteiger partial charge in [0.15, 0.2) is 0 Å². The highest BCUT2D eigenvalue weighted by Crippen LogP contribution is 2.22. The molecule has 0 fully saturated rings. The van der Waals surface area contributed by atoms with Crippen LogP contribution in [-0.2, 0) is 0 Å². The number of aryl methyl sites for hydroxylation is 1. The largest absolute Gasteiger partial charge is 0.494 e. The zero-order chi connectivity index (χ0) is 15.0. The number of aromatic hydroxyl groups is 1. The van der Waals surface area contributed by atoms with Crippen molar-refractivity contribution in [2.75, 3.05) is 0 Å². The Morgan fingerprint density at radius 2 is 1.95 bits per heavy atom. The Morgan fingerprint density at radius 1 is 1.30 bits per heavy atom. The number of rotatable bonds is 2. The van der Waals surface area contributed by atoms with Gasteiger partial charge in [-0.25, -0.2) is 9.36 Å². The first-order valence-electron chi connectivity index (χ1n) is 5.63. The van der Waals surface area contributed by atoms with Gasteiger partial charge in [0, 0.05) is 11.6 Å². The van der Waals surface area contributed by atoms with Crippen molar-refractivity contribution >= 4 is 5.69 Å². The van der Waals surface area contributed by atoms with Crippen LogP contribution in [0.5, 0.6) is 5.88 Å². The summed E-state index contributed by atoms with van der Waals surface area (Å²) in [7, 11) is 0. The van der Waals surface area contributed by atoms with Crippen LogP contribution in [0, 0.1) is 24.0 Å². The third kappa shape index (κ3) is 2.07. The number of nitro groups is 1. The van der Waals surface area contributed by atoms with E-state index in [0.717, 1.165) is 4.57 Å². The van der Waals surface area contributed by atoms with E-state index in [0.29, 0.717) is 5.56 Å². The SMILES string of the molecule is Cc1cc(-n2c(O)c(C)c(=O)[nH]c2=O)ccc1[N+](=O)[O-]. The van der Waals surface area contributed by atoms with E-state index in [1.807, 2.05) is 0 Å². The molecule has 0 amide bonds. The second kappa shape index (κ2) is 4.65. The molecule has 104 valence electrons. The lowest BCUT2D eigenvalue weighted by molar-refractivity contribution is -0.385. The summed E-state index contributed by atoms with van der Waals surface area (Å²) in [4.78, 5) is 35.4. The molecule has 0 aliphatic rings. The van der Waals surface area contributed by atoms with Crippen LogP contribution in [0.4, 0.5) is 5.69 Å². The Balaban J connectivity index is 2.73. The minimum absolute atomic E-state index is 0.0133. The van der Waals surface area contributed by atoms with Crippen LogP contribution in [-0.4, -0.2) is 19.6 Å². The summed E-state index contributed by atoms with van der Waals surface area (Å²) in [5, 5.41) is 20.6. The second-order valence-electron chi connectivity index (χ2n) is 4.27. The number of nitrogens with zero attached hydrogens (tertiary/aromatic N) is 2. The van der Waals surface area contributed by atoms with Gasteiger partial charge in [0.05, 0.1) is 16.2 Å². The van der Waals surface area contributed by atoms with E-state index in [9.17, 15) is 24.8 Å². The van der Waals surface area contributed by atoms with E-state index in [2.05, 4.69) is 4.98 Å². The lowest BCUT2D eigenvalue weighted by Crippen LogP contribution is -2.30. The smallest absolute Gasteiger partial charge is 0.335 e. The Bertz CT molecular complexity index is 819. The number of aromatic nitrogens is 2. The van der Waals surface area contributed by atoms with Crippen LogP contribution in [0.15, 0.2) is 27.8 Å². The molecule has 0 saturated heterocycles. The van der Waals surface area contributed by atoms with E-state index >= 15 is 0 Å². The highest BCUT2D eigenvalue weighted by atomic mass is 16.6. The standard InChI is InChI=1S/C12H11N3O5/c1-6-5-8(3-4-9(6)15(19)20)14-11(17)7(2)10(16)13-12(14)18/h3-5,17H,1-2H3,(H,13,16,18). The maximum absolute atomic E-state index is 11.8. The van der Waals surface area contributed by atoms with Crippen molar-refractivity contribution in [1.29, 1.82) is 0 Å². The summed E-state index contributed by atoms with van der Waals surface area (Å²) in [5.74, 6) is -0.494. The monoisotopic (exact) mass is 277 g/mol. The molecule has 0 radical (unpaired) electrons. The van der Waals surface area contributed by atoms with Gasteiger partial charge >= 0.3 is 5.69 Å². The van der Waals surface area contributed by atoms with Crippen LogP contribution in [0.25, 0.3) is 5.69 Å². The van der Waals surface area contributed by atoms with Crippen molar-refractivity contribution in [3.8, 4) is 11.6 Å². The molecule has 1 heterocycles. The Kier molecular flexibility index (Phi) is 3.15. The van der Waals surface area contributed by atoms with Crippen molar-refractivity contribution < 1.29 is 10.0 Å². The summed E-state index contributed by atoms with van der Waals surface area (Å²) < 4.78 is 0.882. The van der Waals surface area contributed by atoms with E-state index < -0.39 is 22.1 Å². The molecule has 20 heavy (non-hydrogen) atoms. The van der Waals surface area contributed by atoms with E-state index in [-0.39, 0.29) is 16.9 Å². The predicted octanol–water partition coefficient (Wildman–Crippen LogP) is 0.756. The van der Waals surface area contributed by atoms with Gasteiger partial charge < -0.3 is 5.11 Å². The Morgan fingerprint density at radius 3 is 2.50 bits per heavy atom. The molecule has 0 bridgehead atoms. The van der Waals surface area contributed by atoms with Gasteiger partial charge in [-0.3, -0.25) is 19.9 Å². The average molecular weight is 277 g/mol. The molecule has 0 aliphatic heterocycles. The zero-order valence-corrected chi connectivity index (χ0v) is 10.7. The van der Waals surface area contributed by atoms with Gasteiger partial charge in [0.25, 0.3) is 11.2 Å². The van der Waals surface area contributed by atoms with Crippen molar-refractivity contribution in [3.05, 3.63) is 60.3 Å². The van der Waals surface area contributed by atoms with Crippen LogP contribution < -0.4 is 11.2 Å². The number of nitrogens with one attached hydrogen (secondary N) is 1. The molecule has 1 aromatic heterocycles. The van der Waals surface area contributed by atoms with E-state index in [1.54, 1.807) is 0 Å². The van der Waals surface area contributed by atoms with Crippen LogP contribution in [0.2, 0.25) is 0 Å². The zero-order valence-electron chi connectivity index (χ0n) is 10.7. The lowest BCUT2D eigenvalue weighted by atomic mass is 10.2. The molecular weight excluding hydrogens is 266 g/mol. The molecule has 0 saturated carbocycles. The molecule has 0 unspecified atom stereocenters. The maximum Gasteiger partial charge on any atom is 0.335 e. The first kappa shape index (κ1) is 13.5. The fraction of sp³-hybridized carbons (Fsp3) is 0.167. The molecule has 2 aromatic rings. The maximum atomic E-state index is 11.8. The molecule has 0 spiro atoms. The van der Waals surface area contributed by atoms with Crippen molar-refractivity contribution in [2.24, 2.45) is 0 Å². The number of hydrogen-bond donors (Lipinski definition) is 2. The molecule has 0 atom stereocenters. The second-order valence-corrected chi connectivity index (χ2v) is 4.27. The van der Waals surface area contributed by atoms with Gasteiger partial charge in [0.1, 0.15) is 0 Å². The Hall–Kier alpha value is -2.90. The number of benzene rings is 1. The molecule has 0 aliphatic carbocycles. The van der Waals surface area contributed by atoms with Crippen molar-refractivity contribution in [3.63, 3.8) is 0 Å². The van der Waals surface area contributed by atoms with Gasteiger partial charge in [0.2, 0.25) is 5.88 Å². The topological polar surface area (TPSA) is 118 Å². The number of H-pyrrole nitrogens is 1. The molecular formula is C12H11N3O5. The first-order chi connectivity index (χ1) is 9.32. The summed E-state index contributed by atoms with van der Waals surface area (Å²) in [6, 6.07) is 3.94. The normalized spacial score (nSPS) is 10.5. The third-order valence-corrected chi connectivity index (χ3v) is 2.95. The fourth-order valence-corrected chi connectivity index (χ4v) is 1.84. The van der Waals surface area contributed by atoms with Gasteiger partial charge in [-0.05, 0) is 26.0 Å². The molecule has 8 nitrogen and oxygen atoms in total. The van der Waals surface area contributed by atoms with E-state index in [1.165, 1.54) is 32.0 Å². The highest BCUT2D eigenvalue weighted by molar-refractivity contribution is 5.49. The Labute approximate surface area is 112 Å². The van der Waals surface area contributed by atoms with Gasteiger partial charge in [-0.1, -0.05) is 0 Å². The average Bonchev–Trinajstić information content (AvgIpc) is 2.36. The summed E-state index contributed by atoms with van der Waals surface area (Å²) in [6.45, 7) is 2.88. The quantitative estimate of drug-likeness (QED) is 0.620. The summed E-state index contributed by atoms with van der Waals surface area (Å²) in [5.41, 5.74) is -1.03. The third-order valence-electron chi connectivity index (χ3n) is 2.95. The van der Waals surface area contributed by atoms with E-state index in [4.69, 9.17) is 0 Å². The minimum atomic E-state index is -0.814. The molecule has 2 N–H and O–H groups in total. The van der Waals surface area contributed by atoms with Gasteiger partial charge in [-0.15, -0.1) is 0 Å². The molecule has 8 heteroatoms. The fourth-order valence-electron chi connectivity index (χ4n) is 1.84. The minimum Gasteiger partial charge on any atom is -0.494 e. The predicted molar refractivity (Wildman–Crippen MR) is 70.5 cm³/mol. The van der Waals surface area contributed by atoms with Crippen molar-refractivity contribution in [1.82, 2.24) is 9.55 Å². The van der Waals surface area contributed by atoms with Crippen LogP contribution >= 0.6 is 0 Å².